The summed E-state index contributed by atoms with van der Waals surface area (Å²) in [6.07, 6.45) is -1.52. The van der Waals surface area contributed by atoms with Crippen molar-refractivity contribution in [3.63, 3.8) is 0 Å². The lowest BCUT2D eigenvalue weighted by molar-refractivity contribution is -0.143. The van der Waals surface area contributed by atoms with E-state index in [1.807, 2.05) is 6.07 Å². The molecule has 0 spiro atoms. The molecule has 1 N–H and O–H groups in total. The summed E-state index contributed by atoms with van der Waals surface area (Å²) < 4.78 is 33.1. The lowest BCUT2D eigenvalue weighted by Crippen LogP contribution is -2.36. The van der Waals surface area contributed by atoms with E-state index in [-0.39, 0.29) is 24.4 Å². The van der Waals surface area contributed by atoms with E-state index in [1.54, 1.807) is 24.3 Å². The highest BCUT2D eigenvalue weighted by molar-refractivity contribution is 5.83. The van der Waals surface area contributed by atoms with Crippen LogP contribution in [0.4, 0.5) is 8.78 Å². The first-order valence-corrected chi connectivity index (χ1v) is 8.02. The Kier molecular flexibility index (Phi) is 5.11. The minimum Gasteiger partial charge on any atom is -0.391 e. The van der Waals surface area contributed by atoms with Gasteiger partial charge in [-0.15, -0.1) is 0 Å². The fraction of sp³-hybridized carbons (Fsp3) is 0.316. The van der Waals surface area contributed by atoms with E-state index >= 15 is 0 Å². The van der Waals surface area contributed by atoms with Gasteiger partial charge in [-0.25, -0.2) is 8.78 Å². The molecule has 0 saturated carbocycles. The second kappa shape index (κ2) is 7.29. The molecule has 0 unspecified atom stereocenters. The zero-order chi connectivity index (χ0) is 18.0. The molecule has 3 rings (SSSR count). The predicted octanol–water partition coefficient (Wildman–Crippen LogP) is 2.99. The third-order valence-corrected chi connectivity index (χ3v) is 4.44. The van der Waals surface area contributed by atoms with Gasteiger partial charge in [-0.2, -0.15) is 0 Å². The topological polar surface area (TPSA) is 49.8 Å². The maximum atomic E-state index is 14.2. The van der Waals surface area contributed by atoms with Gasteiger partial charge < -0.3 is 14.7 Å². The summed E-state index contributed by atoms with van der Waals surface area (Å²) in [4.78, 5) is 14.3. The minimum absolute atomic E-state index is 0.0478. The van der Waals surface area contributed by atoms with E-state index in [0.29, 0.717) is 5.56 Å². The van der Waals surface area contributed by atoms with Crippen LogP contribution in [0.2, 0.25) is 0 Å². The molecule has 0 radical (unpaired) electrons. The smallest absolute Gasteiger partial charge is 0.256 e. The number of β-amino-alcohol motifs (C(OH)–C–C–N with tert-alkyl or cyclic N) is 1. The molecule has 132 valence electrons. The van der Waals surface area contributed by atoms with Crippen molar-refractivity contribution in [2.45, 2.75) is 24.7 Å². The monoisotopic (exact) mass is 347 g/mol. The van der Waals surface area contributed by atoms with Crippen molar-refractivity contribution in [3.8, 4) is 0 Å². The van der Waals surface area contributed by atoms with Crippen molar-refractivity contribution in [3.05, 3.63) is 71.3 Å². The maximum Gasteiger partial charge on any atom is 0.256 e. The standard InChI is InChI=1S/C19H19F2NO3/c1-25-18(12-5-3-2-4-6-12)19(24)22-11-14(23)10-17(22)15-9-13(20)7-8-16(15)21/h2-9,14,17-18,23H,10-11H2,1H3/t14-,17+,18+/m1/s1. The summed E-state index contributed by atoms with van der Waals surface area (Å²) in [5.41, 5.74) is 0.725. The lowest BCUT2D eigenvalue weighted by Gasteiger charge is -2.28. The number of halogens is 2. The predicted molar refractivity (Wildman–Crippen MR) is 87.6 cm³/mol. The van der Waals surface area contributed by atoms with Gasteiger partial charge in [-0.3, -0.25) is 4.79 Å². The Bertz CT molecular complexity index is 754. The molecule has 1 heterocycles. The van der Waals surface area contributed by atoms with Crippen molar-refractivity contribution in [2.24, 2.45) is 0 Å². The number of amides is 1. The summed E-state index contributed by atoms with van der Waals surface area (Å²) in [5.74, 6) is -1.58. The molecule has 1 aliphatic rings. The number of aliphatic hydroxyl groups excluding tert-OH is 1. The van der Waals surface area contributed by atoms with E-state index in [4.69, 9.17) is 4.74 Å². The first-order valence-electron chi connectivity index (χ1n) is 8.02. The summed E-state index contributed by atoms with van der Waals surface area (Å²) in [6.45, 7) is 0.0478. The molecule has 0 aliphatic carbocycles. The highest BCUT2D eigenvalue weighted by Gasteiger charge is 2.39. The van der Waals surface area contributed by atoms with Crippen molar-refractivity contribution in [1.82, 2.24) is 4.90 Å². The van der Waals surface area contributed by atoms with Crippen LogP contribution in [0, 0.1) is 11.6 Å². The molecule has 0 aromatic heterocycles. The maximum absolute atomic E-state index is 14.2. The molecule has 1 fully saturated rings. The summed E-state index contributed by atoms with van der Waals surface area (Å²) in [7, 11) is 1.42. The molecule has 1 aliphatic heterocycles. The second-order valence-corrected chi connectivity index (χ2v) is 6.09. The molecule has 6 heteroatoms. The van der Waals surface area contributed by atoms with E-state index in [1.165, 1.54) is 12.0 Å². The van der Waals surface area contributed by atoms with Gasteiger partial charge in [0.25, 0.3) is 5.91 Å². The Morgan fingerprint density at radius 1 is 1.24 bits per heavy atom. The zero-order valence-corrected chi connectivity index (χ0v) is 13.7. The number of rotatable bonds is 4. The van der Waals surface area contributed by atoms with Gasteiger partial charge in [-0.05, 0) is 30.2 Å². The highest BCUT2D eigenvalue weighted by Crippen LogP contribution is 2.36. The van der Waals surface area contributed by atoms with Crippen LogP contribution in [-0.2, 0) is 9.53 Å². The molecule has 0 bridgehead atoms. The number of carbonyl (C=O) groups excluding carboxylic acids is 1. The highest BCUT2D eigenvalue weighted by atomic mass is 19.1. The quantitative estimate of drug-likeness (QED) is 0.925. The molecule has 1 saturated heterocycles. The number of hydrogen-bond acceptors (Lipinski definition) is 3. The number of ether oxygens (including phenoxy) is 1. The fourth-order valence-corrected chi connectivity index (χ4v) is 3.28. The van der Waals surface area contributed by atoms with Gasteiger partial charge in [0.1, 0.15) is 11.6 Å². The van der Waals surface area contributed by atoms with Gasteiger partial charge in [0.15, 0.2) is 6.10 Å². The van der Waals surface area contributed by atoms with Crippen molar-refractivity contribution in [1.29, 1.82) is 0 Å². The van der Waals surface area contributed by atoms with Crippen LogP contribution < -0.4 is 0 Å². The molecule has 25 heavy (non-hydrogen) atoms. The molecule has 2 aromatic carbocycles. The summed E-state index contributed by atoms with van der Waals surface area (Å²) in [5, 5.41) is 10.0. The number of methoxy groups -OCH3 is 1. The van der Waals surface area contributed by atoms with E-state index in [9.17, 15) is 18.7 Å². The molecular weight excluding hydrogens is 328 g/mol. The van der Waals surface area contributed by atoms with Gasteiger partial charge in [0, 0.05) is 19.2 Å². The third-order valence-electron chi connectivity index (χ3n) is 4.44. The first-order chi connectivity index (χ1) is 12.0. The molecule has 2 aromatic rings. The van der Waals surface area contributed by atoms with Crippen LogP contribution in [0.15, 0.2) is 48.5 Å². The number of carbonyl (C=O) groups is 1. The Hall–Kier alpha value is -2.31. The van der Waals surface area contributed by atoms with Crippen LogP contribution in [0.3, 0.4) is 0 Å². The van der Waals surface area contributed by atoms with Gasteiger partial charge >= 0.3 is 0 Å². The average molecular weight is 347 g/mol. The van der Waals surface area contributed by atoms with Crippen molar-refractivity contribution in [2.75, 3.05) is 13.7 Å². The number of likely N-dealkylation sites (tertiary alicyclic amines) is 1. The second-order valence-electron chi connectivity index (χ2n) is 6.09. The average Bonchev–Trinajstić information content (AvgIpc) is 3.00. The fourth-order valence-electron chi connectivity index (χ4n) is 3.28. The van der Waals surface area contributed by atoms with Crippen LogP contribution in [-0.4, -0.2) is 35.7 Å². The Balaban J connectivity index is 1.93. The SMILES string of the molecule is CO[C@H](C(=O)N1C[C@H](O)C[C@H]1c1cc(F)ccc1F)c1ccccc1. The van der Waals surface area contributed by atoms with Gasteiger partial charge in [0.05, 0.1) is 12.1 Å². The number of benzene rings is 2. The normalized spacial score (nSPS) is 21.4. The number of nitrogens with zero attached hydrogens (tertiary/aromatic N) is 1. The van der Waals surface area contributed by atoms with Crippen molar-refractivity contribution < 1.29 is 23.4 Å². The third kappa shape index (κ3) is 3.55. The van der Waals surface area contributed by atoms with Crippen LogP contribution in [0.25, 0.3) is 0 Å². The largest absolute Gasteiger partial charge is 0.391 e. The van der Waals surface area contributed by atoms with Crippen LogP contribution in [0.1, 0.15) is 29.7 Å². The van der Waals surface area contributed by atoms with Crippen LogP contribution >= 0.6 is 0 Å². The van der Waals surface area contributed by atoms with Crippen molar-refractivity contribution >= 4 is 5.91 Å². The first kappa shape index (κ1) is 17.5. The zero-order valence-electron chi connectivity index (χ0n) is 13.7. The summed E-state index contributed by atoms with van der Waals surface area (Å²) in [6, 6.07) is 11.3. The van der Waals surface area contributed by atoms with Crippen LogP contribution in [0.5, 0.6) is 0 Å². The number of hydrogen-bond donors (Lipinski definition) is 1. The Labute approximate surface area is 144 Å². The number of aliphatic hydroxyl groups is 1. The Morgan fingerprint density at radius 2 is 1.96 bits per heavy atom. The molecule has 4 nitrogen and oxygen atoms in total. The van der Waals surface area contributed by atoms with E-state index < -0.39 is 29.9 Å². The summed E-state index contributed by atoms with van der Waals surface area (Å²) >= 11 is 0. The van der Waals surface area contributed by atoms with E-state index in [2.05, 4.69) is 0 Å². The Morgan fingerprint density at radius 3 is 2.64 bits per heavy atom. The molecule has 3 atom stereocenters. The van der Waals surface area contributed by atoms with Gasteiger partial charge in [0.2, 0.25) is 0 Å². The van der Waals surface area contributed by atoms with Gasteiger partial charge in [-0.1, -0.05) is 30.3 Å². The minimum atomic E-state index is -0.870. The van der Waals surface area contributed by atoms with E-state index in [0.717, 1.165) is 18.2 Å². The molecule has 1 amide bonds. The lowest BCUT2D eigenvalue weighted by atomic mass is 10.0. The molecular formula is C19H19F2NO3.